The minimum atomic E-state index is -0.600. The minimum Gasteiger partial charge on any atom is -0.858 e. The molecule has 0 radical (unpaired) electrons. The zero-order chi connectivity index (χ0) is 26.4. The molecule has 0 fully saturated rings. The Hall–Kier alpha value is -4.59. The lowest BCUT2D eigenvalue weighted by atomic mass is 9.98. The number of aryl methyl sites for hydroxylation is 2. The van der Waals surface area contributed by atoms with E-state index in [-0.39, 0.29) is 22.8 Å². The second kappa shape index (κ2) is 9.13. The highest BCUT2D eigenvalue weighted by Gasteiger charge is 2.47. The molecule has 3 heterocycles. The summed E-state index contributed by atoms with van der Waals surface area (Å²) >= 11 is 0. The normalized spacial score (nSPS) is 13.8. The van der Waals surface area contributed by atoms with E-state index in [0.717, 1.165) is 20.7 Å². The molecule has 4 aromatic rings. The number of rotatable bonds is 5. The summed E-state index contributed by atoms with van der Waals surface area (Å²) in [6.07, 6.45) is 3.42. The quantitative estimate of drug-likeness (QED) is 0.308. The maximum Gasteiger partial charge on any atom is 0.331 e. The topological polar surface area (TPSA) is 82.1 Å². The van der Waals surface area contributed by atoms with Crippen LogP contribution in [0.2, 0.25) is 0 Å². The maximum atomic E-state index is 14.0. The van der Waals surface area contributed by atoms with Crippen LogP contribution in [0.15, 0.2) is 73.1 Å². The van der Waals surface area contributed by atoms with E-state index in [1.54, 1.807) is 41.2 Å². The lowest BCUT2D eigenvalue weighted by Crippen LogP contribution is -2.39. The molecule has 5 rings (SSSR count). The highest BCUT2D eigenvalue weighted by atomic mass is 19.1. The number of hydrogen-bond acceptors (Lipinski definition) is 4. The number of anilines is 1. The zero-order valence-corrected chi connectivity index (χ0v) is 20.9. The number of halogens is 1. The van der Waals surface area contributed by atoms with Gasteiger partial charge < -0.3 is 5.11 Å². The van der Waals surface area contributed by atoms with Crippen LogP contribution in [-0.4, -0.2) is 21.6 Å². The predicted molar refractivity (Wildman–Crippen MR) is 135 cm³/mol. The lowest BCUT2D eigenvalue weighted by Gasteiger charge is -2.16. The number of benzene rings is 2. The largest absolute Gasteiger partial charge is 0.858 e. The van der Waals surface area contributed by atoms with Crippen LogP contribution in [0.25, 0.3) is 17.0 Å². The standard InChI is InChI=1S/C29H25FN4O3/c1-17(2)25-23(28(36)34(31-25)21-12-10-20(30)11-13-21)24-26(32-14-6-8-19(4)16-32)29(37)33(27(24)35)22-9-5-7-18(3)15-22/h5-17H,1-4H3. The number of amides is 2. The van der Waals surface area contributed by atoms with Crippen molar-refractivity contribution in [2.24, 2.45) is 0 Å². The number of imide groups is 1. The van der Waals surface area contributed by atoms with Gasteiger partial charge in [0.1, 0.15) is 11.4 Å². The SMILES string of the molecule is Cc1cccc(N2C(=O)C(c3c(C(C)C)nn(-c4ccc(F)cc4)c3[O-])=C([n+]3cccc(C)c3)C2=O)c1. The Morgan fingerprint density at radius 1 is 0.919 bits per heavy atom. The van der Waals surface area contributed by atoms with E-state index in [4.69, 9.17) is 0 Å². The van der Waals surface area contributed by atoms with Gasteiger partial charge in [-0.25, -0.2) is 14.0 Å². The molecule has 0 saturated carbocycles. The number of carbonyl (C=O) groups excluding carboxylic acids is 2. The summed E-state index contributed by atoms with van der Waals surface area (Å²) in [5, 5.41) is 18.4. The summed E-state index contributed by atoms with van der Waals surface area (Å²) in [7, 11) is 0. The highest BCUT2D eigenvalue weighted by molar-refractivity contribution is 6.53. The van der Waals surface area contributed by atoms with Gasteiger partial charge in [0.2, 0.25) is 0 Å². The third-order valence-corrected chi connectivity index (χ3v) is 6.26. The number of hydrogen-bond donors (Lipinski definition) is 0. The summed E-state index contributed by atoms with van der Waals surface area (Å²) in [5.74, 6) is -2.37. The van der Waals surface area contributed by atoms with Gasteiger partial charge in [-0.3, -0.25) is 9.59 Å². The van der Waals surface area contributed by atoms with E-state index in [1.807, 2.05) is 39.8 Å². The molecular weight excluding hydrogens is 471 g/mol. The van der Waals surface area contributed by atoms with Gasteiger partial charge in [0.05, 0.1) is 17.1 Å². The Morgan fingerprint density at radius 3 is 2.27 bits per heavy atom. The van der Waals surface area contributed by atoms with Crippen LogP contribution >= 0.6 is 0 Å². The van der Waals surface area contributed by atoms with Gasteiger partial charge in [0.25, 0.3) is 11.6 Å². The molecule has 186 valence electrons. The van der Waals surface area contributed by atoms with Crippen LogP contribution in [0.3, 0.4) is 0 Å². The maximum absolute atomic E-state index is 14.0. The number of carbonyl (C=O) groups is 2. The number of aromatic nitrogens is 3. The Balaban J connectivity index is 1.80. The molecule has 2 aromatic carbocycles. The van der Waals surface area contributed by atoms with Crippen molar-refractivity contribution in [3.8, 4) is 11.6 Å². The first kappa shape index (κ1) is 24.1. The first-order chi connectivity index (χ1) is 17.7. The van der Waals surface area contributed by atoms with Crippen LogP contribution in [0.1, 0.15) is 42.1 Å². The minimum absolute atomic E-state index is 0.0100. The van der Waals surface area contributed by atoms with Crippen LogP contribution in [0.4, 0.5) is 10.1 Å². The van der Waals surface area contributed by atoms with E-state index >= 15 is 0 Å². The Kier molecular flexibility index (Phi) is 5.95. The third-order valence-electron chi connectivity index (χ3n) is 6.26. The van der Waals surface area contributed by atoms with Crippen LogP contribution in [0.5, 0.6) is 5.88 Å². The van der Waals surface area contributed by atoms with Gasteiger partial charge >= 0.3 is 5.91 Å². The molecule has 1 aliphatic rings. The van der Waals surface area contributed by atoms with Crippen molar-refractivity contribution in [1.82, 2.24) is 9.78 Å². The van der Waals surface area contributed by atoms with Crippen LogP contribution < -0.4 is 14.6 Å². The van der Waals surface area contributed by atoms with Crippen molar-refractivity contribution in [3.05, 3.63) is 101 Å². The molecule has 2 amide bonds. The van der Waals surface area contributed by atoms with Gasteiger partial charge in [-0.15, -0.1) is 0 Å². The lowest BCUT2D eigenvalue weighted by molar-refractivity contribution is -0.577. The Labute approximate surface area is 213 Å². The molecule has 0 spiro atoms. The van der Waals surface area contributed by atoms with E-state index in [2.05, 4.69) is 5.10 Å². The fourth-order valence-electron chi connectivity index (χ4n) is 4.53. The van der Waals surface area contributed by atoms with Crippen molar-refractivity contribution in [1.29, 1.82) is 0 Å². The Morgan fingerprint density at radius 2 is 1.62 bits per heavy atom. The molecule has 8 heteroatoms. The monoisotopic (exact) mass is 496 g/mol. The van der Waals surface area contributed by atoms with Gasteiger partial charge in [-0.2, -0.15) is 9.67 Å². The molecule has 0 N–H and O–H groups in total. The molecular formula is C29H25FN4O3. The molecule has 2 aromatic heterocycles. The van der Waals surface area contributed by atoms with Gasteiger partial charge in [0, 0.05) is 17.2 Å². The molecule has 7 nitrogen and oxygen atoms in total. The summed E-state index contributed by atoms with van der Waals surface area (Å²) in [6.45, 7) is 7.47. The molecule has 0 saturated heterocycles. The summed E-state index contributed by atoms with van der Waals surface area (Å²) in [5.41, 5.74) is 3.04. The highest BCUT2D eigenvalue weighted by Crippen LogP contribution is 2.40. The number of nitrogens with zero attached hydrogens (tertiary/aromatic N) is 4. The fraction of sp³-hybridized carbons (Fsp3) is 0.172. The average molecular weight is 497 g/mol. The smallest absolute Gasteiger partial charge is 0.331 e. The van der Waals surface area contributed by atoms with Crippen LogP contribution in [0, 0.1) is 19.7 Å². The second-order valence-corrected chi connectivity index (χ2v) is 9.41. The number of pyridine rings is 1. The van der Waals surface area contributed by atoms with E-state index in [9.17, 15) is 19.1 Å². The summed E-state index contributed by atoms with van der Waals surface area (Å²) in [6, 6.07) is 16.1. The van der Waals surface area contributed by atoms with Crippen molar-refractivity contribution in [3.63, 3.8) is 0 Å². The Bertz CT molecular complexity index is 1590. The zero-order valence-electron chi connectivity index (χ0n) is 20.9. The molecule has 0 aliphatic carbocycles. The summed E-state index contributed by atoms with van der Waals surface area (Å²) in [4.78, 5) is 29.0. The third kappa shape index (κ3) is 4.10. The average Bonchev–Trinajstić information content (AvgIpc) is 3.32. The first-order valence-corrected chi connectivity index (χ1v) is 11.9. The van der Waals surface area contributed by atoms with E-state index in [1.165, 1.54) is 24.3 Å². The van der Waals surface area contributed by atoms with E-state index in [0.29, 0.717) is 17.1 Å². The molecule has 37 heavy (non-hydrogen) atoms. The second-order valence-electron chi connectivity index (χ2n) is 9.41. The van der Waals surface area contributed by atoms with Gasteiger partial charge in [-0.1, -0.05) is 26.0 Å². The predicted octanol–water partition coefficient (Wildman–Crippen LogP) is 4.05. The fourth-order valence-corrected chi connectivity index (χ4v) is 4.53. The van der Waals surface area contributed by atoms with Crippen molar-refractivity contribution >= 4 is 28.8 Å². The van der Waals surface area contributed by atoms with Crippen molar-refractivity contribution in [2.45, 2.75) is 33.6 Å². The molecule has 0 atom stereocenters. The van der Waals surface area contributed by atoms with Crippen molar-refractivity contribution < 1.29 is 23.7 Å². The van der Waals surface area contributed by atoms with Crippen LogP contribution in [-0.2, 0) is 9.59 Å². The molecule has 1 aliphatic heterocycles. The molecule has 0 bridgehead atoms. The van der Waals surface area contributed by atoms with Crippen molar-refractivity contribution in [2.75, 3.05) is 4.90 Å². The van der Waals surface area contributed by atoms with E-state index < -0.39 is 23.5 Å². The van der Waals surface area contributed by atoms with Gasteiger partial charge in [0.15, 0.2) is 12.4 Å². The van der Waals surface area contributed by atoms with Gasteiger partial charge in [-0.05, 0) is 73.7 Å². The summed E-state index contributed by atoms with van der Waals surface area (Å²) < 4.78 is 16.3. The molecule has 0 unspecified atom stereocenters. The first-order valence-electron chi connectivity index (χ1n) is 11.9.